The summed E-state index contributed by atoms with van der Waals surface area (Å²) in [7, 11) is 0. The number of aromatic nitrogens is 4. The summed E-state index contributed by atoms with van der Waals surface area (Å²) in [6, 6.07) is 6.35. The summed E-state index contributed by atoms with van der Waals surface area (Å²) in [5, 5.41) is 0. The first kappa shape index (κ1) is 22.6. The fourth-order valence-corrected chi connectivity index (χ4v) is 4.03. The van der Waals surface area contributed by atoms with Crippen molar-refractivity contribution in [2.24, 2.45) is 0 Å². The Balaban J connectivity index is 1.85. The zero-order valence-electron chi connectivity index (χ0n) is 17.5. The second-order valence-electron chi connectivity index (χ2n) is 8.77. The van der Waals surface area contributed by atoms with E-state index in [9.17, 15) is 26.3 Å². The van der Waals surface area contributed by atoms with Gasteiger partial charge in [0, 0.05) is 10.3 Å². The molecule has 1 fully saturated rings. The minimum atomic E-state index is -4.20. The summed E-state index contributed by atoms with van der Waals surface area (Å²) in [4.78, 5) is 14.0. The normalized spacial score (nSPS) is 18.9. The molecule has 1 atom stereocenters. The van der Waals surface area contributed by atoms with Gasteiger partial charge in [-0.25, -0.2) is 15.0 Å². The van der Waals surface area contributed by atoms with Crippen molar-refractivity contribution in [3.63, 3.8) is 0 Å². The maximum Gasteiger partial charge on any atom is 0.329 e. The van der Waals surface area contributed by atoms with E-state index in [1.165, 1.54) is 12.4 Å². The van der Waals surface area contributed by atoms with Gasteiger partial charge in [0.25, 0.3) is 0 Å². The average molecular weight is 470 g/mol. The molecule has 1 aliphatic heterocycles. The van der Waals surface area contributed by atoms with Crippen molar-refractivity contribution in [3.05, 3.63) is 42.0 Å². The fourth-order valence-electron chi connectivity index (χ4n) is 3.50. The average Bonchev–Trinajstić information content (AvgIpc) is 3.18. The molecule has 32 heavy (non-hydrogen) atoms. The molecule has 0 saturated carbocycles. The molecule has 1 aromatic carbocycles. The number of benzene rings is 1. The summed E-state index contributed by atoms with van der Waals surface area (Å²) in [6.07, 6.45) is 1.37. The van der Waals surface area contributed by atoms with E-state index in [4.69, 9.17) is 0 Å². The number of halogens is 4. The maximum atomic E-state index is 13.9. The predicted molar refractivity (Wildman–Crippen MR) is 109 cm³/mol. The van der Waals surface area contributed by atoms with E-state index in [2.05, 4.69) is 15.0 Å². The van der Waals surface area contributed by atoms with E-state index in [-0.39, 0.29) is 34.2 Å². The van der Waals surface area contributed by atoms with Gasteiger partial charge < -0.3 is 14.0 Å². The molecule has 1 aliphatic rings. The molecule has 12 heteroatoms. The van der Waals surface area contributed by atoms with Gasteiger partial charge in [0.1, 0.15) is 5.82 Å². The Bertz CT molecular complexity index is 1190. The molecule has 2 aromatic heterocycles. The van der Waals surface area contributed by atoms with Crippen LogP contribution >= 0.6 is 0 Å². The van der Waals surface area contributed by atoms with Gasteiger partial charge in [-0.2, -0.15) is 17.6 Å². The summed E-state index contributed by atoms with van der Waals surface area (Å²) < 4.78 is 80.2. The van der Waals surface area contributed by atoms with Crippen LogP contribution in [0, 0.1) is 0 Å². The minimum absolute atomic E-state index is 0.0764. The number of alkyl halides is 4. The van der Waals surface area contributed by atoms with Crippen LogP contribution in [0.1, 0.15) is 32.2 Å². The smallest absolute Gasteiger partial charge is 0.329 e. The number of imidazole rings is 1. The number of anilines is 1. The predicted octanol–water partition coefficient (Wildman–Crippen LogP) is 3.50. The molecule has 4 rings (SSSR count). The van der Waals surface area contributed by atoms with E-state index in [1.807, 2.05) is 20.8 Å². The standard InChI is InChI=1S/C20H21F4N5O2S/c1-18(2,3)17-26-15-14(16(27-17)29-9-19(21,22)20(23,24)10-29)25-11-28(15)8-12-6-4-5-7-13(12)32(30)31/h4-7,11H,8-10H2,1-3H3,(H,30,31)/p-1. The van der Waals surface area contributed by atoms with Crippen LogP contribution in [0.15, 0.2) is 35.5 Å². The van der Waals surface area contributed by atoms with Crippen molar-refractivity contribution in [2.45, 2.75) is 49.5 Å². The van der Waals surface area contributed by atoms with Gasteiger partial charge in [-0.15, -0.1) is 0 Å². The van der Waals surface area contributed by atoms with Crippen molar-refractivity contribution in [1.82, 2.24) is 19.5 Å². The van der Waals surface area contributed by atoms with Crippen LogP contribution in [0.5, 0.6) is 0 Å². The van der Waals surface area contributed by atoms with Crippen molar-refractivity contribution >= 4 is 28.1 Å². The molecule has 172 valence electrons. The summed E-state index contributed by atoms with van der Waals surface area (Å²) in [5.41, 5.74) is 0.186. The lowest BCUT2D eigenvalue weighted by molar-refractivity contribution is -0.172. The third-order valence-electron chi connectivity index (χ3n) is 5.22. The SMILES string of the molecule is CC(C)(C)c1nc(N2CC(F)(F)C(F)(F)C2)c2ncn(Cc3ccccc3S(=O)[O-])c2n1. The Morgan fingerprint density at radius 3 is 2.31 bits per heavy atom. The van der Waals surface area contributed by atoms with Crippen molar-refractivity contribution in [3.8, 4) is 0 Å². The van der Waals surface area contributed by atoms with Gasteiger partial charge in [-0.1, -0.05) is 39.0 Å². The van der Waals surface area contributed by atoms with Crippen molar-refractivity contribution in [1.29, 1.82) is 0 Å². The third-order valence-corrected chi connectivity index (χ3v) is 5.98. The van der Waals surface area contributed by atoms with E-state index in [0.717, 1.165) is 4.90 Å². The highest BCUT2D eigenvalue weighted by Crippen LogP contribution is 2.43. The Kier molecular flexibility index (Phi) is 5.28. The maximum absolute atomic E-state index is 13.9. The topological polar surface area (TPSA) is 87.0 Å². The van der Waals surface area contributed by atoms with Crippen LogP contribution in [0.25, 0.3) is 11.2 Å². The van der Waals surface area contributed by atoms with Crippen LogP contribution < -0.4 is 4.90 Å². The van der Waals surface area contributed by atoms with E-state index < -0.39 is 41.4 Å². The molecule has 0 amide bonds. The van der Waals surface area contributed by atoms with Crippen LogP contribution in [0.4, 0.5) is 23.4 Å². The van der Waals surface area contributed by atoms with Gasteiger partial charge in [0.15, 0.2) is 17.0 Å². The third kappa shape index (κ3) is 3.85. The molecule has 1 unspecified atom stereocenters. The van der Waals surface area contributed by atoms with Crippen LogP contribution in [-0.2, 0) is 23.0 Å². The Morgan fingerprint density at radius 2 is 1.72 bits per heavy atom. The van der Waals surface area contributed by atoms with Crippen molar-refractivity contribution < 1.29 is 26.3 Å². The van der Waals surface area contributed by atoms with Crippen molar-refractivity contribution in [2.75, 3.05) is 18.0 Å². The Hall–Kier alpha value is -2.60. The summed E-state index contributed by atoms with van der Waals surface area (Å²) >= 11 is -2.47. The number of rotatable bonds is 4. The van der Waals surface area contributed by atoms with Gasteiger partial charge in [-0.3, -0.25) is 4.21 Å². The van der Waals surface area contributed by atoms with Gasteiger partial charge in [-0.05, 0) is 22.7 Å². The lowest BCUT2D eigenvalue weighted by Crippen LogP contribution is -2.38. The molecule has 7 nitrogen and oxygen atoms in total. The fraction of sp³-hybridized carbons (Fsp3) is 0.450. The first-order chi connectivity index (χ1) is 14.8. The molecule has 3 heterocycles. The van der Waals surface area contributed by atoms with Gasteiger partial charge >= 0.3 is 11.8 Å². The lowest BCUT2D eigenvalue weighted by Gasteiger charge is -2.22. The quantitative estimate of drug-likeness (QED) is 0.429. The highest BCUT2D eigenvalue weighted by Gasteiger charge is 2.63. The van der Waals surface area contributed by atoms with Crippen LogP contribution in [0.3, 0.4) is 0 Å². The summed E-state index contributed by atoms with van der Waals surface area (Å²) in [5.74, 6) is -8.24. The first-order valence-corrected chi connectivity index (χ1v) is 10.8. The Labute approximate surface area is 183 Å². The van der Waals surface area contributed by atoms with Gasteiger partial charge in [0.05, 0.1) is 26.0 Å². The van der Waals surface area contributed by atoms with E-state index in [1.54, 1.807) is 22.8 Å². The number of hydrogen-bond acceptors (Lipinski definition) is 6. The first-order valence-electron chi connectivity index (χ1n) is 9.71. The lowest BCUT2D eigenvalue weighted by atomic mass is 9.96. The molecule has 3 aromatic rings. The van der Waals surface area contributed by atoms with E-state index >= 15 is 0 Å². The zero-order chi connectivity index (χ0) is 23.5. The monoisotopic (exact) mass is 470 g/mol. The molecule has 1 saturated heterocycles. The highest BCUT2D eigenvalue weighted by molar-refractivity contribution is 7.79. The molecular weight excluding hydrogens is 450 g/mol. The molecular formula is C20H20F4N5O2S-. The van der Waals surface area contributed by atoms with Gasteiger partial charge in [0.2, 0.25) is 0 Å². The second kappa shape index (κ2) is 7.48. The molecule has 0 bridgehead atoms. The minimum Gasteiger partial charge on any atom is -0.768 e. The van der Waals surface area contributed by atoms with Crippen LogP contribution in [0.2, 0.25) is 0 Å². The molecule has 0 aliphatic carbocycles. The largest absolute Gasteiger partial charge is 0.768 e. The second-order valence-corrected chi connectivity index (χ2v) is 9.68. The highest BCUT2D eigenvalue weighted by atomic mass is 32.2. The van der Waals surface area contributed by atoms with E-state index in [0.29, 0.717) is 5.56 Å². The Morgan fingerprint density at radius 1 is 1.09 bits per heavy atom. The zero-order valence-corrected chi connectivity index (χ0v) is 18.3. The number of hydrogen-bond donors (Lipinski definition) is 0. The summed E-state index contributed by atoms with van der Waals surface area (Å²) in [6.45, 7) is 3.11. The molecule has 0 radical (unpaired) electrons. The molecule has 0 N–H and O–H groups in total. The molecule has 0 spiro atoms. The number of nitrogens with zero attached hydrogens (tertiary/aromatic N) is 5. The van der Waals surface area contributed by atoms with Crippen LogP contribution in [-0.4, -0.2) is 53.2 Å². The number of fused-ring (bicyclic) bond motifs is 1.